The third kappa shape index (κ3) is 2.47. The Morgan fingerprint density at radius 3 is 1.31 bits per heavy atom. The molecule has 4 rings (SSSR count). The molecule has 4 heteroatoms. The molecule has 0 atom stereocenters. The maximum atomic E-state index is 9.00. The quantitative estimate of drug-likeness (QED) is 0.471. The monoisotopic (exact) mass is 336 g/mol. The van der Waals surface area contributed by atoms with E-state index in [0.29, 0.717) is 11.5 Å². The number of fused-ring (bicyclic) bond motifs is 2. The van der Waals surface area contributed by atoms with E-state index in [9.17, 15) is 0 Å². The lowest BCUT2D eigenvalue weighted by Crippen LogP contribution is -1.91. The highest BCUT2D eigenvalue weighted by molar-refractivity contribution is 6.09. The summed E-state index contributed by atoms with van der Waals surface area (Å²) in [5.74, 6) is 0.993. The summed E-state index contributed by atoms with van der Waals surface area (Å²) >= 11 is 0. The highest BCUT2D eigenvalue weighted by Gasteiger charge is 2.14. The summed E-state index contributed by atoms with van der Waals surface area (Å²) in [5, 5.41) is 21.6. The van der Waals surface area contributed by atoms with Crippen molar-refractivity contribution in [3.8, 4) is 35.1 Å². The molecule has 0 heterocycles. The Morgan fingerprint density at radius 1 is 0.538 bits per heavy atom. The van der Waals surface area contributed by atoms with Gasteiger partial charge in [-0.15, -0.1) is 10.5 Å². The smallest absolute Gasteiger partial charge is 0.292 e. The normalized spacial score (nSPS) is 10.2. The summed E-state index contributed by atoms with van der Waals surface area (Å²) < 4.78 is 10.4. The third-order valence-electron chi connectivity index (χ3n) is 4.33. The predicted molar refractivity (Wildman–Crippen MR) is 99.4 cm³/mol. The molecule has 0 spiro atoms. The van der Waals surface area contributed by atoms with Crippen LogP contribution in [-0.2, 0) is 0 Å². The molecule has 0 unspecified atom stereocenters. The van der Waals surface area contributed by atoms with Crippen molar-refractivity contribution >= 4 is 21.5 Å². The largest absolute Gasteiger partial charge is 0.387 e. The van der Waals surface area contributed by atoms with E-state index in [0.717, 1.165) is 32.7 Å². The van der Waals surface area contributed by atoms with Gasteiger partial charge < -0.3 is 9.47 Å². The average molecular weight is 336 g/mol. The van der Waals surface area contributed by atoms with Crippen LogP contribution in [-0.4, -0.2) is 0 Å². The second-order valence-electron chi connectivity index (χ2n) is 5.71. The Kier molecular flexibility index (Phi) is 3.86. The van der Waals surface area contributed by atoms with Crippen molar-refractivity contribution in [2.45, 2.75) is 0 Å². The maximum Gasteiger partial charge on any atom is 0.292 e. The van der Waals surface area contributed by atoms with Crippen LogP contribution in [0.25, 0.3) is 32.7 Å². The van der Waals surface area contributed by atoms with Gasteiger partial charge in [-0.3, -0.25) is 0 Å². The van der Waals surface area contributed by atoms with Gasteiger partial charge in [-0.1, -0.05) is 60.7 Å². The number of ether oxygens (including phenoxy) is 2. The number of nitriles is 2. The maximum absolute atomic E-state index is 9.00. The molecule has 0 saturated carbocycles. The van der Waals surface area contributed by atoms with Crippen LogP contribution in [0.2, 0.25) is 0 Å². The van der Waals surface area contributed by atoms with Gasteiger partial charge in [-0.05, 0) is 34.0 Å². The van der Waals surface area contributed by atoms with Crippen LogP contribution in [0.4, 0.5) is 0 Å². The minimum atomic E-state index is 0.497. The van der Waals surface area contributed by atoms with E-state index < -0.39 is 0 Å². The summed E-state index contributed by atoms with van der Waals surface area (Å²) in [7, 11) is 0. The van der Waals surface area contributed by atoms with Crippen LogP contribution in [0.15, 0.2) is 72.8 Å². The van der Waals surface area contributed by atoms with Crippen molar-refractivity contribution < 1.29 is 9.47 Å². The molecule has 4 aromatic carbocycles. The highest BCUT2D eigenvalue weighted by atomic mass is 16.5. The van der Waals surface area contributed by atoms with Gasteiger partial charge in [0, 0.05) is 10.8 Å². The first-order valence-corrected chi connectivity index (χ1v) is 7.99. The second kappa shape index (κ2) is 6.47. The van der Waals surface area contributed by atoms with Crippen LogP contribution in [0, 0.1) is 23.0 Å². The molecule has 0 amide bonds. The van der Waals surface area contributed by atoms with Gasteiger partial charge in [0.1, 0.15) is 0 Å². The zero-order valence-corrected chi connectivity index (χ0v) is 13.6. The summed E-state index contributed by atoms with van der Waals surface area (Å²) in [6.07, 6.45) is 3.51. The van der Waals surface area contributed by atoms with Crippen LogP contribution in [0.1, 0.15) is 0 Å². The van der Waals surface area contributed by atoms with Gasteiger partial charge in [0.25, 0.3) is 12.5 Å². The van der Waals surface area contributed by atoms with E-state index in [2.05, 4.69) is 0 Å². The zero-order chi connectivity index (χ0) is 17.9. The van der Waals surface area contributed by atoms with Gasteiger partial charge in [-0.25, -0.2) is 0 Å². The molecule has 0 aliphatic rings. The van der Waals surface area contributed by atoms with Crippen molar-refractivity contribution in [2.75, 3.05) is 0 Å². The second-order valence-corrected chi connectivity index (χ2v) is 5.71. The lowest BCUT2D eigenvalue weighted by atomic mass is 9.93. The van der Waals surface area contributed by atoms with Crippen molar-refractivity contribution in [1.29, 1.82) is 10.5 Å². The van der Waals surface area contributed by atoms with E-state index in [-0.39, 0.29) is 0 Å². The Bertz CT molecular complexity index is 1110. The molecule has 4 nitrogen and oxygen atoms in total. The summed E-state index contributed by atoms with van der Waals surface area (Å²) in [6, 6.07) is 23.0. The summed E-state index contributed by atoms with van der Waals surface area (Å²) in [5.41, 5.74) is 1.82. The lowest BCUT2D eigenvalue weighted by Gasteiger charge is -2.13. The fourth-order valence-corrected chi connectivity index (χ4v) is 3.33. The summed E-state index contributed by atoms with van der Waals surface area (Å²) in [6.45, 7) is 0. The van der Waals surface area contributed by atoms with Gasteiger partial charge in [0.2, 0.25) is 0 Å². The molecule has 0 aliphatic heterocycles. The first kappa shape index (κ1) is 15.5. The molecule has 0 fully saturated rings. The fourth-order valence-electron chi connectivity index (χ4n) is 3.33. The predicted octanol–water partition coefficient (Wildman–Crippen LogP) is 5.38. The van der Waals surface area contributed by atoms with Crippen molar-refractivity contribution in [3.05, 3.63) is 72.8 Å². The van der Waals surface area contributed by atoms with E-state index in [1.165, 1.54) is 0 Å². The van der Waals surface area contributed by atoms with Crippen LogP contribution >= 0.6 is 0 Å². The van der Waals surface area contributed by atoms with Crippen LogP contribution in [0.3, 0.4) is 0 Å². The standard InChI is InChI=1S/C22H12N2O2/c23-13-25-19-11-3-7-15-5-1-9-17(21(15)19)18-10-2-6-16-8-4-12-20(22(16)18)26-14-24/h1-12H. The Morgan fingerprint density at radius 2 is 0.923 bits per heavy atom. The molecular weight excluding hydrogens is 324 g/mol. The van der Waals surface area contributed by atoms with E-state index in [1.807, 2.05) is 60.7 Å². The van der Waals surface area contributed by atoms with Crippen molar-refractivity contribution in [1.82, 2.24) is 0 Å². The van der Waals surface area contributed by atoms with Crippen molar-refractivity contribution in [2.24, 2.45) is 0 Å². The number of rotatable bonds is 3. The Labute approximate surface area is 150 Å². The molecule has 0 N–H and O–H groups in total. The zero-order valence-electron chi connectivity index (χ0n) is 13.6. The summed E-state index contributed by atoms with van der Waals surface area (Å²) in [4.78, 5) is 0. The molecule has 0 aromatic heterocycles. The first-order valence-electron chi connectivity index (χ1n) is 7.99. The van der Waals surface area contributed by atoms with Gasteiger partial charge in [0.15, 0.2) is 11.5 Å². The molecular formula is C22H12N2O2. The molecule has 0 bridgehead atoms. The Hall–Kier alpha value is -4.02. The van der Waals surface area contributed by atoms with E-state index in [1.54, 1.807) is 24.6 Å². The topological polar surface area (TPSA) is 66.0 Å². The van der Waals surface area contributed by atoms with Gasteiger partial charge in [0.05, 0.1) is 0 Å². The minimum Gasteiger partial charge on any atom is -0.387 e. The lowest BCUT2D eigenvalue weighted by molar-refractivity contribution is 0.512. The van der Waals surface area contributed by atoms with Crippen LogP contribution in [0.5, 0.6) is 11.5 Å². The number of hydrogen-bond donors (Lipinski definition) is 0. The first-order chi connectivity index (χ1) is 12.8. The Balaban J connectivity index is 2.12. The number of nitrogens with zero attached hydrogens (tertiary/aromatic N) is 2. The minimum absolute atomic E-state index is 0.497. The molecule has 0 radical (unpaired) electrons. The molecule has 0 aliphatic carbocycles. The SMILES string of the molecule is N#COc1cccc2cccc(-c3cccc4cccc(OC#N)c34)c12. The van der Waals surface area contributed by atoms with Crippen LogP contribution < -0.4 is 9.47 Å². The number of hydrogen-bond acceptors (Lipinski definition) is 4. The molecule has 0 saturated heterocycles. The fraction of sp³-hybridized carbons (Fsp3) is 0. The average Bonchev–Trinajstić information content (AvgIpc) is 2.68. The van der Waals surface area contributed by atoms with E-state index >= 15 is 0 Å². The van der Waals surface area contributed by atoms with Gasteiger partial charge >= 0.3 is 0 Å². The van der Waals surface area contributed by atoms with E-state index in [4.69, 9.17) is 20.0 Å². The number of benzene rings is 4. The molecule has 26 heavy (non-hydrogen) atoms. The third-order valence-corrected chi connectivity index (χ3v) is 4.33. The van der Waals surface area contributed by atoms with Crippen molar-refractivity contribution in [3.63, 3.8) is 0 Å². The molecule has 4 aromatic rings. The molecule has 122 valence electrons. The highest BCUT2D eigenvalue weighted by Crippen LogP contribution is 2.41. The van der Waals surface area contributed by atoms with Gasteiger partial charge in [-0.2, -0.15) is 0 Å².